The smallest absolute Gasteiger partial charge is 0.310 e. The van der Waals surface area contributed by atoms with Crippen LogP contribution in [0.2, 0.25) is 0 Å². The second-order valence-electron chi connectivity index (χ2n) is 6.12. The van der Waals surface area contributed by atoms with Crippen molar-refractivity contribution in [1.29, 1.82) is 0 Å². The number of ether oxygens (including phenoxy) is 2. The van der Waals surface area contributed by atoms with E-state index in [-0.39, 0.29) is 18.3 Å². The molecular formula is C20H19F2N3O3. The molecule has 1 aromatic heterocycles. The van der Waals surface area contributed by atoms with Crippen LogP contribution in [0.15, 0.2) is 47.4 Å². The predicted octanol–water partition coefficient (Wildman–Crippen LogP) is 3.64. The van der Waals surface area contributed by atoms with Crippen LogP contribution in [0.4, 0.5) is 20.4 Å². The summed E-state index contributed by atoms with van der Waals surface area (Å²) in [6.07, 6.45) is 1.07. The van der Waals surface area contributed by atoms with Gasteiger partial charge in [0.1, 0.15) is 5.82 Å². The van der Waals surface area contributed by atoms with Gasteiger partial charge in [-0.15, -0.1) is 0 Å². The van der Waals surface area contributed by atoms with Gasteiger partial charge in [-0.1, -0.05) is 12.1 Å². The summed E-state index contributed by atoms with van der Waals surface area (Å²) >= 11 is 0. The summed E-state index contributed by atoms with van der Waals surface area (Å²) in [4.78, 5) is 15.6. The summed E-state index contributed by atoms with van der Waals surface area (Å²) in [6, 6.07) is 9.26. The molecule has 0 saturated heterocycles. The molecule has 0 saturated carbocycles. The van der Waals surface area contributed by atoms with E-state index in [1.54, 1.807) is 24.3 Å². The quantitative estimate of drug-likeness (QED) is 0.700. The maximum absolute atomic E-state index is 13.8. The summed E-state index contributed by atoms with van der Waals surface area (Å²) in [5.41, 5.74) is 1.17. The standard InChI is InChI=1S/C20H19F2N3O3/c1-12-8-17(27-2)18(28-3)9-16(12)23-20-24-19(26)15(22)11-25(20)10-13-4-6-14(21)7-5-13/h4-9,11H,10H2,1-3H3,(H,23,24,26). The van der Waals surface area contributed by atoms with Crippen LogP contribution < -0.4 is 20.3 Å². The van der Waals surface area contributed by atoms with Crippen LogP contribution in [-0.4, -0.2) is 23.8 Å². The van der Waals surface area contributed by atoms with Crippen molar-refractivity contribution in [3.05, 3.63) is 75.7 Å². The van der Waals surface area contributed by atoms with Crippen LogP contribution >= 0.6 is 0 Å². The molecule has 3 aromatic rings. The van der Waals surface area contributed by atoms with Crippen LogP contribution in [0.3, 0.4) is 0 Å². The SMILES string of the molecule is COc1cc(C)c(Nc2nc(=O)c(F)cn2Cc2ccc(F)cc2)cc1OC. The molecule has 1 N–H and O–H groups in total. The lowest BCUT2D eigenvalue weighted by molar-refractivity contribution is 0.355. The number of methoxy groups -OCH3 is 2. The number of anilines is 2. The third kappa shape index (κ3) is 4.11. The Bertz CT molecular complexity index is 1050. The molecule has 0 spiro atoms. The average Bonchev–Trinajstić information content (AvgIpc) is 2.68. The molecule has 0 aliphatic rings. The maximum Gasteiger partial charge on any atom is 0.310 e. The van der Waals surface area contributed by atoms with Crippen LogP contribution in [0.1, 0.15) is 11.1 Å². The van der Waals surface area contributed by atoms with Gasteiger partial charge in [0.05, 0.1) is 20.8 Å². The Morgan fingerprint density at radius 3 is 2.36 bits per heavy atom. The van der Waals surface area contributed by atoms with Gasteiger partial charge < -0.3 is 19.4 Å². The third-order valence-corrected chi connectivity index (χ3v) is 4.20. The first-order valence-corrected chi connectivity index (χ1v) is 8.42. The molecule has 0 aliphatic heterocycles. The van der Waals surface area contributed by atoms with Crippen molar-refractivity contribution >= 4 is 11.6 Å². The van der Waals surface area contributed by atoms with Crippen molar-refractivity contribution < 1.29 is 18.3 Å². The second-order valence-corrected chi connectivity index (χ2v) is 6.12. The molecular weight excluding hydrogens is 368 g/mol. The molecule has 0 amide bonds. The van der Waals surface area contributed by atoms with E-state index in [2.05, 4.69) is 10.3 Å². The number of hydrogen-bond donors (Lipinski definition) is 1. The zero-order chi connectivity index (χ0) is 20.3. The number of aromatic nitrogens is 2. The van der Waals surface area contributed by atoms with Gasteiger partial charge in [-0.2, -0.15) is 9.37 Å². The summed E-state index contributed by atoms with van der Waals surface area (Å²) in [6.45, 7) is 2.04. The number of halogens is 2. The fraction of sp³-hybridized carbons (Fsp3) is 0.200. The maximum atomic E-state index is 13.8. The minimum absolute atomic E-state index is 0.144. The molecule has 6 nitrogen and oxygen atoms in total. The molecule has 0 unspecified atom stereocenters. The van der Waals surface area contributed by atoms with Gasteiger partial charge in [0.15, 0.2) is 11.5 Å². The number of benzene rings is 2. The zero-order valence-electron chi connectivity index (χ0n) is 15.6. The van der Waals surface area contributed by atoms with E-state index in [0.717, 1.165) is 17.3 Å². The van der Waals surface area contributed by atoms with Gasteiger partial charge in [-0.3, -0.25) is 4.79 Å². The monoisotopic (exact) mass is 387 g/mol. The molecule has 3 rings (SSSR count). The normalized spacial score (nSPS) is 10.6. The fourth-order valence-corrected chi connectivity index (χ4v) is 2.71. The average molecular weight is 387 g/mol. The zero-order valence-corrected chi connectivity index (χ0v) is 15.6. The van der Waals surface area contributed by atoms with Crippen molar-refractivity contribution in [2.75, 3.05) is 19.5 Å². The summed E-state index contributed by atoms with van der Waals surface area (Å²) in [7, 11) is 3.05. The molecule has 0 radical (unpaired) electrons. The lowest BCUT2D eigenvalue weighted by atomic mass is 10.1. The number of hydrogen-bond acceptors (Lipinski definition) is 5. The molecule has 0 bridgehead atoms. The highest BCUT2D eigenvalue weighted by Gasteiger charge is 2.13. The van der Waals surface area contributed by atoms with Gasteiger partial charge >= 0.3 is 5.56 Å². The van der Waals surface area contributed by atoms with Crippen molar-refractivity contribution in [2.24, 2.45) is 0 Å². The Hall–Kier alpha value is -3.42. The van der Waals surface area contributed by atoms with Crippen LogP contribution in [-0.2, 0) is 6.54 Å². The number of rotatable bonds is 6. The van der Waals surface area contributed by atoms with Gasteiger partial charge in [0, 0.05) is 18.0 Å². The van der Waals surface area contributed by atoms with Gasteiger partial charge in [0.2, 0.25) is 11.8 Å². The highest BCUT2D eigenvalue weighted by molar-refractivity contribution is 5.64. The van der Waals surface area contributed by atoms with Gasteiger partial charge in [-0.05, 0) is 36.2 Å². The van der Waals surface area contributed by atoms with Gasteiger partial charge in [-0.25, -0.2) is 4.39 Å². The molecule has 2 aromatic carbocycles. The lowest BCUT2D eigenvalue weighted by Gasteiger charge is -2.17. The molecule has 0 fully saturated rings. The van der Waals surface area contributed by atoms with E-state index in [4.69, 9.17) is 9.47 Å². The first-order valence-electron chi connectivity index (χ1n) is 8.42. The van der Waals surface area contributed by atoms with Crippen molar-refractivity contribution in [2.45, 2.75) is 13.5 Å². The summed E-state index contributed by atoms with van der Waals surface area (Å²) in [5.74, 6) is -0.151. The molecule has 8 heteroatoms. The van der Waals surface area contributed by atoms with E-state index >= 15 is 0 Å². The van der Waals surface area contributed by atoms with E-state index in [9.17, 15) is 13.6 Å². The van der Waals surface area contributed by atoms with Crippen molar-refractivity contribution in [3.63, 3.8) is 0 Å². The van der Waals surface area contributed by atoms with E-state index in [1.807, 2.05) is 6.92 Å². The number of aryl methyl sites for hydroxylation is 1. The first-order chi connectivity index (χ1) is 13.4. The van der Waals surface area contributed by atoms with Crippen LogP contribution in [0, 0.1) is 18.6 Å². The molecule has 1 heterocycles. The van der Waals surface area contributed by atoms with Crippen molar-refractivity contribution in [1.82, 2.24) is 9.55 Å². The third-order valence-electron chi connectivity index (χ3n) is 4.20. The summed E-state index contributed by atoms with van der Waals surface area (Å²) < 4.78 is 39.0. The second kappa shape index (κ2) is 8.08. The lowest BCUT2D eigenvalue weighted by Crippen LogP contribution is -2.20. The fourth-order valence-electron chi connectivity index (χ4n) is 2.71. The topological polar surface area (TPSA) is 65.4 Å². The highest BCUT2D eigenvalue weighted by Crippen LogP contribution is 2.34. The Morgan fingerprint density at radius 2 is 1.71 bits per heavy atom. The Kier molecular flexibility index (Phi) is 5.58. The molecule has 0 atom stereocenters. The Labute approximate surface area is 160 Å². The number of nitrogens with zero attached hydrogens (tertiary/aromatic N) is 2. The largest absolute Gasteiger partial charge is 0.493 e. The Balaban J connectivity index is 2.01. The summed E-state index contributed by atoms with van der Waals surface area (Å²) in [5, 5.41) is 3.04. The molecule has 28 heavy (non-hydrogen) atoms. The molecule has 0 aliphatic carbocycles. The van der Waals surface area contributed by atoms with E-state index in [0.29, 0.717) is 17.2 Å². The minimum atomic E-state index is -0.976. The molecule has 146 valence electrons. The van der Waals surface area contributed by atoms with Crippen molar-refractivity contribution in [3.8, 4) is 11.5 Å². The van der Waals surface area contributed by atoms with E-state index < -0.39 is 11.4 Å². The first kappa shape index (κ1) is 19.3. The Morgan fingerprint density at radius 1 is 1.07 bits per heavy atom. The van der Waals surface area contributed by atoms with E-state index in [1.165, 1.54) is 30.9 Å². The van der Waals surface area contributed by atoms with Gasteiger partial charge in [0.25, 0.3) is 0 Å². The van der Waals surface area contributed by atoms with Crippen LogP contribution in [0.25, 0.3) is 0 Å². The predicted molar refractivity (Wildman–Crippen MR) is 102 cm³/mol. The minimum Gasteiger partial charge on any atom is -0.493 e. The van der Waals surface area contributed by atoms with Crippen LogP contribution in [0.5, 0.6) is 11.5 Å². The number of nitrogens with one attached hydrogen (secondary N) is 1. The highest BCUT2D eigenvalue weighted by atomic mass is 19.1.